The summed E-state index contributed by atoms with van der Waals surface area (Å²) in [6.07, 6.45) is 4.93. The van der Waals surface area contributed by atoms with Crippen LogP contribution in [0.25, 0.3) is 0 Å². The van der Waals surface area contributed by atoms with E-state index in [2.05, 4.69) is 30.1 Å². The van der Waals surface area contributed by atoms with Crippen molar-refractivity contribution in [3.8, 4) is 6.07 Å². The Hall–Kier alpha value is -0.630. The van der Waals surface area contributed by atoms with E-state index in [1.165, 1.54) is 25.7 Å². The van der Waals surface area contributed by atoms with Crippen LogP contribution in [-0.2, 0) is 4.74 Å². The molecule has 0 aliphatic heterocycles. The number of nitrogens with one attached hydrogen (secondary N) is 1. The molecular weight excluding hydrogens is 238 g/mol. The standard InChI is InChI=1S/C15H27N3O/c1-12(2)17-15(10-16,13-4-5-13)11-18(8-9-19-3)14-6-7-14/h12-14,17H,4-9,11H2,1-3H3. The van der Waals surface area contributed by atoms with E-state index in [9.17, 15) is 5.26 Å². The minimum atomic E-state index is -0.357. The highest BCUT2D eigenvalue weighted by molar-refractivity contribution is 5.17. The van der Waals surface area contributed by atoms with Gasteiger partial charge in [0, 0.05) is 32.3 Å². The Kier molecular flexibility index (Phi) is 4.83. The fraction of sp³-hybridized carbons (Fsp3) is 0.933. The summed E-state index contributed by atoms with van der Waals surface area (Å²) in [6.45, 7) is 6.80. The summed E-state index contributed by atoms with van der Waals surface area (Å²) in [5.41, 5.74) is -0.357. The van der Waals surface area contributed by atoms with E-state index in [0.29, 0.717) is 18.0 Å². The second-order valence-corrected chi connectivity index (χ2v) is 6.35. The van der Waals surface area contributed by atoms with E-state index in [1.54, 1.807) is 7.11 Å². The highest BCUT2D eigenvalue weighted by Crippen LogP contribution is 2.41. The van der Waals surface area contributed by atoms with Crippen molar-refractivity contribution in [1.29, 1.82) is 5.26 Å². The molecule has 0 aromatic carbocycles. The first-order valence-corrected chi connectivity index (χ1v) is 7.53. The smallest absolute Gasteiger partial charge is 0.122 e. The summed E-state index contributed by atoms with van der Waals surface area (Å²) in [7, 11) is 1.75. The quantitative estimate of drug-likeness (QED) is 0.690. The van der Waals surface area contributed by atoms with E-state index in [1.807, 2.05) is 0 Å². The first-order valence-electron chi connectivity index (χ1n) is 7.53. The molecule has 4 nitrogen and oxygen atoms in total. The molecule has 1 unspecified atom stereocenters. The lowest BCUT2D eigenvalue weighted by Crippen LogP contribution is -2.57. The second-order valence-electron chi connectivity index (χ2n) is 6.35. The van der Waals surface area contributed by atoms with Gasteiger partial charge in [-0.2, -0.15) is 5.26 Å². The third-order valence-corrected chi connectivity index (χ3v) is 4.12. The van der Waals surface area contributed by atoms with Crippen LogP contribution in [0.1, 0.15) is 39.5 Å². The molecule has 4 heteroatoms. The average Bonchev–Trinajstić information content (AvgIpc) is 3.23. The molecule has 0 radical (unpaired) electrons. The summed E-state index contributed by atoms with van der Waals surface area (Å²) in [5.74, 6) is 0.531. The van der Waals surface area contributed by atoms with E-state index >= 15 is 0 Å². The zero-order valence-corrected chi connectivity index (χ0v) is 12.5. The van der Waals surface area contributed by atoms with Gasteiger partial charge in [-0.1, -0.05) is 0 Å². The van der Waals surface area contributed by atoms with Crippen LogP contribution in [0.5, 0.6) is 0 Å². The summed E-state index contributed by atoms with van der Waals surface area (Å²) in [6, 6.07) is 3.63. The Labute approximate surface area is 117 Å². The van der Waals surface area contributed by atoms with Crippen LogP contribution in [0.2, 0.25) is 0 Å². The molecule has 0 bridgehead atoms. The van der Waals surface area contributed by atoms with Crippen molar-refractivity contribution in [3.63, 3.8) is 0 Å². The Morgan fingerprint density at radius 2 is 2.05 bits per heavy atom. The summed E-state index contributed by atoms with van der Waals surface area (Å²) >= 11 is 0. The third kappa shape index (κ3) is 3.92. The second kappa shape index (κ2) is 6.21. The van der Waals surface area contributed by atoms with Crippen molar-refractivity contribution < 1.29 is 4.74 Å². The van der Waals surface area contributed by atoms with E-state index in [0.717, 1.165) is 19.7 Å². The fourth-order valence-corrected chi connectivity index (χ4v) is 2.90. The first-order chi connectivity index (χ1) is 9.11. The van der Waals surface area contributed by atoms with Crippen molar-refractivity contribution in [2.24, 2.45) is 5.92 Å². The van der Waals surface area contributed by atoms with Crippen molar-refractivity contribution in [2.45, 2.75) is 57.2 Å². The monoisotopic (exact) mass is 265 g/mol. The molecule has 2 aliphatic rings. The number of hydrogen-bond donors (Lipinski definition) is 1. The molecule has 0 aromatic rings. The van der Waals surface area contributed by atoms with Gasteiger partial charge in [0.25, 0.3) is 0 Å². The molecule has 0 aromatic heterocycles. The van der Waals surface area contributed by atoms with Crippen molar-refractivity contribution >= 4 is 0 Å². The van der Waals surface area contributed by atoms with Crippen LogP contribution < -0.4 is 5.32 Å². The molecule has 2 rings (SSSR count). The predicted octanol–water partition coefficient (Wildman–Crippen LogP) is 1.77. The Bertz CT molecular complexity index is 331. The molecule has 2 aliphatic carbocycles. The molecule has 108 valence electrons. The summed E-state index contributed by atoms with van der Waals surface area (Å²) in [5, 5.41) is 13.3. The van der Waals surface area contributed by atoms with E-state index in [4.69, 9.17) is 4.74 Å². The minimum absolute atomic E-state index is 0.351. The Balaban J connectivity index is 2.02. The number of nitriles is 1. The van der Waals surface area contributed by atoms with Gasteiger partial charge in [-0.05, 0) is 45.4 Å². The topological polar surface area (TPSA) is 48.3 Å². The lowest BCUT2D eigenvalue weighted by atomic mass is 9.93. The van der Waals surface area contributed by atoms with Gasteiger partial charge < -0.3 is 4.74 Å². The summed E-state index contributed by atoms with van der Waals surface area (Å²) in [4.78, 5) is 2.46. The minimum Gasteiger partial charge on any atom is -0.383 e. The van der Waals surface area contributed by atoms with Crippen LogP contribution in [0.3, 0.4) is 0 Å². The van der Waals surface area contributed by atoms with Crippen molar-refractivity contribution in [1.82, 2.24) is 10.2 Å². The van der Waals surface area contributed by atoms with E-state index < -0.39 is 0 Å². The fourth-order valence-electron chi connectivity index (χ4n) is 2.90. The van der Waals surface area contributed by atoms with Gasteiger partial charge in [0.1, 0.15) is 5.54 Å². The number of rotatable bonds is 9. The van der Waals surface area contributed by atoms with Gasteiger partial charge in [-0.3, -0.25) is 10.2 Å². The zero-order valence-electron chi connectivity index (χ0n) is 12.5. The van der Waals surface area contributed by atoms with Gasteiger partial charge in [0.05, 0.1) is 12.7 Å². The average molecular weight is 265 g/mol. The molecular formula is C15H27N3O. The molecule has 0 saturated heterocycles. The Morgan fingerprint density at radius 1 is 1.37 bits per heavy atom. The molecule has 0 spiro atoms. The van der Waals surface area contributed by atoms with Crippen molar-refractivity contribution in [3.05, 3.63) is 0 Å². The SMILES string of the molecule is COCCN(CC(C#N)(NC(C)C)C1CC1)C1CC1. The van der Waals surface area contributed by atoms with Gasteiger partial charge in [-0.25, -0.2) is 0 Å². The molecule has 0 heterocycles. The van der Waals surface area contributed by atoms with Gasteiger partial charge >= 0.3 is 0 Å². The van der Waals surface area contributed by atoms with Crippen LogP contribution in [-0.4, -0.2) is 49.3 Å². The zero-order chi connectivity index (χ0) is 13.9. The van der Waals surface area contributed by atoms with Crippen LogP contribution in [0.15, 0.2) is 0 Å². The van der Waals surface area contributed by atoms with Gasteiger partial charge in [0.2, 0.25) is 0 Å². The molecule has 2 saturated carbocycles. The lowest BCUT2D eigenvalue weighted by Gasteiger charge is -2.36. The van der Waals surface area contributed by atoms with Gasteiger partial charge in [-0.15, -0.1) is 0 Å². The Morgan fingerprint density at radius 3 is 2.47 bits per heavy atom. The molecule has 1 atom stereocenters. The van der Waals surface area contributed by atoms with Crippen LogP contribution in [0.4, 0.5) is 0 Å². The summed E-state index contributed by atoms with van der Waals surface area (Å²) < 4.78 is 5.21. The van der Waals surface area contributed by atoms with Crippen LogP contribution in [0, 0.1) is 17.2 Å². The third-order valence-electron chi connectivity index (χ3n) is 4.12. The number of ether oxygens (including phenoxy) is 1. The maximum Gasteiger partial charge on any atom is 0.122 e. The predicted molar refractivity (Wildman–Crippen MR) is 75.8 cm³/mol. The largest absolute Gasteiger partial charge is 0.383 e. The van der Waals surface area contributed by atoms with E-state index in [-0.39, 0.29) is 5.54 Å². The van der Waals surface area contributed by atoms with Crippen molar-refractivity contribution in [2.75, 3.05) is 26.8 Å². The maximum absolute atomic E-state index is 9.74. The molecule has 19 heavy (non-hydrogen) atoms. The maximum atomic E-state index is 9.74. The molecule has 1 N–H and O–H groups in total. The number of nitrogens with zero attached hydrogens (tertiary/aromatic N) is 2. The normalized spacial score (nSPS) is 22.5. The van der Waals surface area contributed by atoms with Gasteiger partial charge in [0.15, 0.2) is 0 Å². The highest BCUT2D eigenvalue weighted by Gasteiger charge is 2.48. The number of hydrogen-bond acceptors (Lipinski definition) is 4. The lowest BCUT2D eigenvalue weighted by molar-refractivity contribution is 0.119. The highest BCUT2D eigenvalue weighted by atomic mass is 16.5. The number of methoxy groups -OCH3 is 1. The molecule has 2 fully saturated rings. The first kappa shape index (κ1) is 14.8. The van der Waals surface area contributed by atoms with Crippen LogP contribution >= 0.6 is 0 Å². The molecule has 0 amide bonds.